The predicted octanol–water partition coefficient (Wildman–Crippen LogP) is 4.43. The van der Waals surface area contributed by atoms with Gasteiger partial charge in [0.1, 0.15) is 10.7 Å². The van der Waals surface area contributed by atoms with Crippen LogP contribution in [0.3, 0.4) is 0 Å². The molecule has 142 valence electrons. The van der Waals surface area contributed by atoms with E-state index < -0.39 is 5.97 Å². The van der Waals surface area contributed by atoms with E-state index in [2.05, 4.69) is 30.9 Å². The molecule has 0 spiro atoms. The Bertz CT molecular complexity index is 831. The number of fused-ring (bicyclic) bond motifs is 1. The van der Waals surface area contributed by atoms with E-state index in [0.717, 1.165) is 30.8 Å². The number of nitrogens with zero attached hydrogens (tertiary/aromatic N) is 2. The van der Waals surface area contributed by atoms with Crippen LogP contribution < -0.4 is 0 Å². The van der Waals surface area contributed by atoms with Gasteiger partial charge in [0.15, 0.2) is 0 Å². The Morgan fingerprint density at radius 2 is 1.70 bits per heavy atom. The van der Waals surface area contributed by atoms with Gasteiger partial charge in [-0.05, 0) is 29.8 Å². The standard InChI is InChI=1S/C22H25ClN2O2/c1-3-24(4-2)14-15-25-20(16-10-6-5-7-11-16)18-13-9-8-12-17(18)19(21(25)23)22(26)27/h5-13,20H,3-4,14-15H2,1-2H3,(H,26,27). The zero-order valence-corrected chi connectivity index (χ0v) is 16.5. The van der Waals surface area contributed by atoms with Crippen LogP contribution in [-0.4, -0.2) is 47.1 Å². The number of carbonyl (C=O) groups is 1. The van der Waals surface area contributed by atoms with E-state index in [1.54, 1.807) is 0 Å². The van der Waals surface area contributed by atoms with Crippen LogP contribution in [0.2, 0.25) is 0 Å². The lowest BCUT2D eigenvalue weighted by Crippen LogP contribution is -2.39. The quantitative estimate of drug-likeness (QED) is 0.717. The first-order chi connectivity index (χ1) is 13.1. The van der Waals surface area contributed by atoms with E-state index >= 15 is 0 Å². The topological polar surface area (TPSA) is 43.8 Å². The molecule has 0 fully saturated rings. The van der Waals surface area contributed by atoms with Crippen molar-refractivity contribution in [1.29, 1.82) is 0 Å². The zero-order valence-electron chi connectivity index (χ0n) is 15.7. The predicted molar refractivity (Wildman–Crippen MR) is 110 cm³/mol. The van der Waals surface area contributed by atoms with E-state index in [0.29, 0.717) is 17.3 Å². The molecule has 2 aromatic rings. The fourth-order valence-corrected chi connectivity index (χ4v) is 4.08. The first-order valence-electron chi connectivity index (χ1n) is 9.34. The second-order valence-electron chi connectivity index (χ2n) is 6.59. The third-order valence-electron chi connectivity index (χ3n) is 5.18. The first kappa shape index (κ1) is 19.5. The van der Waals surface area contributed by atoms with Crippen LogP contribution in [0.5, 0.6) is 0 Å². The highest BCUT2D eigenvalue weighted by molar-refractivity contribution is 6.38. The second-order valence-corrected chi connectivity index (χ2v) is 6.95. The van der Waals surface area contributed by atoms with E-state index in [9.17, 15) is 9.90 Å². The van der Waals surface area contributed by atoms with Crippen molar-refractivity contribution in [2.45, 2.75) is 19.9 Å². The summed E-state index contributed by atoms with van der Waals surface area (Å²) in [6.07, 6.45) is 0. The number of hydrogen-bond donors (Lipinski definition) is 1. The molecule has 0 saturated carbocycles. The summed E-state index contributed by atoms with van der Waals surface area (Å²) in [5.41, 5.74) is 2.96. The number of benzene rings is 2. The van der Waals surface area contributed by atoms with Gasteiger partial charge in [0, 0.05) is 13.1 Å². The molecule has 0 bridgehead atoms. The minimum atomic E-state index is -0.994. The first-order valence-corrected chi connectivity index (χ1v) is 9.72. The van der Waals surface area contributed by atoms with Gasteiger partial charge in [-0.1, -0.05) is 80.0 Å². The molecule has 1 aliphatic heterocycles. The molecule has 0 radical (unpaired) electrons. The van der Waals surface area contributed by atoms with Crippen LogP contribution in [0, 0.1) is 0 Å². The third kappa shape index (κ3) is 3.87. The Kier molecular flexibility index (Phi) is 6.19. The van der Waals surface area contributed by atoms with Crippen molar-refractivity contribution >= 4 is 23.1 Å². The maximum absolute atomic E-state index is 12.0. The molecule has 0 aromatic heterocycles. The highest BCUT2D eigenvalue weighted by Crippen LogP contribution is 2.43. The molecule has 0 aliphatic carbocycles. The lowest BCUT2D eigenvalue weighted by atomic mass is 9.87. The summed E-state index contributed by atoms with van der Waals surface area (Å²) in [7, 11) is 0. The van der Waals surface area contributed by atoms with Crippen molar-refractivity contribution in [2.75, 3.05) is 26.2 Å². The summed E-state index contributed by atoms with van der Waals surface area (Å²) in [5, 5.41) is 10.1. The molecule has 2 aromatic carbocycles. The molecular weight excluding hydrogens is 360 g/mol. The molecule has 1 atom stereocenters. The SMILES string of the molecule is CCN(CC)CCN1C(Cl)=C(C(=O)O)c2ccccc2C1c1ccccc1. The summed E-state index contributed by atoms with van der Waals surface area (Å²) in [4.78, 5) is 16.3. The number of rotatable bonds is 7. The van der Waals surface area contributed by atoms with E-state index in [4.69, 9.17) is 11.6 Å². The lowest BCUT2D eigenvalue weighted by Gasteiger charge is -2.40. The molecule has 1 N–H and O–H groups in total. The van der Waals surface area contributed by atoms with E-state index in [1.165, 1.54) is 0 Å². The van der Waals surface area contributed by atoms with E-state index in [1.807, 2.05) is 47.4 Å². The molecule has 1 unspecified atom stereocenters. The van der Waals surface area contributed by atoms with Gasteiger partial charge >= 0.3 is 5.97 Å². The monoisotopic (exact) mass is 384 g/mol. The highest BCUT2D eigenvalue weighted by atomic mass is 35.5. The van der Waals surface area contributed by atoms with Crippen LogP contribution in [0.15, 0.2) is 59.8 Å². The highest BCUT2D eigenvalue weighted by Gasteiger charge is 2.35. The van der Waals surface area contributed by atoms with Crippen LogP contribution in [0.25, 0.3) is 5.57 Å². The largest absolute Gasteiger partial charge is 0.478 e. The smallest absolute Gasteiger partial charge is 0.339 e. The summed E-state index contributed by atoms with van der Waals surface area (Å²) >= 11 is 6.69. The lowest BCUT2D eigenvalue weighted by molar-refractivity contribution is -0.130. The Balaban J connectivity index is 2.11. The molecule has 0 amide bonds. The van der Waals surface area contributed by atoms with Crippen LogP contribution in [-0.2, 0) is 4.79 Å². The normalized spacial score (nSPS) is 16.6. The molecule has 0 saturated heterocycles. The summed E-state index contributed by atoms with van der Waals surface area (Å²) in [5.74, 6) is -0.994. The number of likely N-dealkylation sites (N-methyl/N-ethyl adjacent to an activating group) is 1. The van der Waals surface area contributed by atoms with Crippen LogP contribution >= 0.6 is 11.6 Å². The molecule has 4 nitrogen and oxygen atoms in total. The number of aliphatic carboxylic acids is 1. The van der Waals surface area contributed by atoms with Crippen LogP contribution in [0.1, 0.15) is 36.6 Å². The van der Waals surface area contributed by atoms with Crippen molar-refractivity contribution in [3.63, 3.8) is 0 Å². The minimum Gasteiger partial charge on any atom is -0.478 e. The van der Waals surface area contributed by atoms with Crippen molar-refractivity contribution < 1.29 is 9.90 Å². The Labute approximate surface area is 165 Å². The summed E-state index contributed by atoms with van der Waals surface area (Å²) < 4.78 is 0. The third-order valence-corrected chi connectivity index (χ3v) is 5.58. The Morgan fingerprint density at radius 3 is 2.33 bits per heavy atom. The number of halogens is 1. The van der Waals surface area contributed by atoms with E-state index in [-0.39, 0.29) is 11.6 Å². The fraction of sp³-hybridized carbons (Fsp3) is 0.318. The minimum absolute atomic E-state index is 0.103. The Hall–Kier alpha value is -2.30. The van der Waals surface area contributed by atoms with Gasteiger partial charge in [-0.3, -0.25) is 0 Å². The van der Waals surface area contributed by atoms with Gasteiger partial charge in [0.2, 0.25) is 0 Å². The van der Waals surface area contributed by atoms with Gasteiger partial charge in [0.25, 0.3) is 0 Å². The van der Waals surface area contributed by atoms with Crippen molar-refractivity contribution in [2.24, 2.45) is 0 Å². The van der Waals surface area contributed by atoms with Gasteiger partial charge in [0.05, 0.1) is 6.04 Å². The summed E-state index contributed by atoms with van der Waals surface area (Å²) in [6, 6.07) is 17.7. The van der Waals surface area contributed by atoms with Gasteiger partial charge in [-0.15, -0.1) is 0 Å². The van der Waals surface area contributed by atoms with Crippen LogP contribution in [0.4, 0.5) is 0 Å². The molecule has 27 heavy (non-hydrogen) atoms. The number of hydrogen-bond acceptors (Lipinski definition) is 3. The molecule has 5 heteroatoms. The molecule has 1 aliphatic rings. The maximum Gasteiger partial charge on any atom is 0.339 e. The maximum atomic E-state index is 12.0. The molecular formula is C22H25ClN2O2. The molecule has 1 heterocycles. The van der Waals surface area contributed by atoms with Gasteiger partial charge in [-0.2, -0.15) is 0 Å². The zero-order chi connectivity index (χ0) is 19.4. The summed E-state index contributed by atoms with van der Waals surface area (Å²) in [6.45, 7) is 7.63. The number of carboxylic acids is 1. The van der Waals surface area contributed by atoms with Gasteiger partial charge in [-0.25, -0.2) is 4.79 Å². The second kappa shape index (κ2) is 8.59. The number of carboxylic acid groups (broad SMARTS) is 1. The van der Waals surface area contributed by atoms with Crippen molar-refractivity contribution in [3.8, 4) is 0 Å². The fourth-order valence-electron chi connectivity index (χ4n) is 3.71. The van der Waals surface area contributed by atoms with Gasteiger partial charge < -0.3 is 14.9 Å². The Morgan fingerprint density at radius 1 is 1.07 bits per heavy atom. The molecule has 3 rings (SSSR count). The van der Waals surface area contributed by atoms with Crippen molar-refractivity contribution in [1.82, 2.24) is 9.80 Å². The van der Waals surface area contributed by atoms with Crippen molar-refractivity contribution in [3.05, 3.63) is 76.4 Å². The average molecular weight is 385 g/mol. The average Bonchev–Trinajstić information content (AvgIpc) is 2.69.